The van der Waals surface area contributed by atoms with Crippen molar-refractivity contribution < 1.29 is 13.5 Å². The smallest absolute Gasteiger partial charge is 0.387 e. The topological polar surface area (TPSA) is 44.9 Å². The molecule has 0 N–H and O–H groups in total. The van der Waals surface area contributed by atoms with Crippen LogP contribution in [0.1, 0.15) is 11.5 Å². The maximum absolute atomic E-state index is 12.1. The highest BCUT2D eigenvalue weighted by Crippen LogP contribution is 2.17. The lowest BCUT2D eigenvalue weighted by Gasteiger charge is -2.06. The molecule has 0 unspecified atom stereocenters. The van der Waals surface area contributed by atoms with E-state index < -0.39 is 6.61 Å². The number of aromatic nitrogens is 4. The summed E-state index contributed by atoms with van der Waals surface area (Å²) in [7, 11) is 0. The lowest BCUT2D eigenvalue weighted by molar-refractivity contribution is -0.0498. The van der Waals surface area contributed by atoms with Crippen LogP contribution in [-0.4, -0.2) is 25.7 Å². The van der Waals surface area contributed by atoms with E-state index in [2.05, 4.69) is 14.7 Å². The van der Waals surface area contributed by atoms with Crippen LogP contribution in [0.2, 0.25) is 0 Å². The molecule has 0 aliphatic carbocycles. The fourth-order valence-electron chi connectivity index (χ4n) is 2.13. The fraction of sp³-hybridized carbons (Fsp3) is 0.200. The Morgan fingerprint density at radius 1 is 1.18 bits per heavy atom. The zero-order valence-electron chi connectivity index (χ0n) is 11.9. The van der Waals surface area contributed by atoms with E-state index in [4.69, 9.17) is 0 Å². The van der Waals surface area contributed by atoms with Gasteiger partial charge in [-0.2, -0.15) is 8.78 Å². The Morgan fingerprint density at radius 3 is 2.59 bits per heavy atom. The maximum Gasteiger partial charge on any atom is 0.387 e. The third-order valence-electron chi connectivity index (χ3n) is 3.25. The van der Waals surface area contributed by atoms with E-state index in [1.807, 2.05) is 28.5 Å². The SMILES string of the molecule is Cc1nccn1Cc1cn(-c2ccc(OC(F)F)cc2)cn1. The molecule has 0 spiro atoms. The van der Waals surface area contributed by atoms with Crippen LogP contribution in [0, 0.1) is 6.92 Å². The minimum atomic E-state index is -2.82. The summed E-state index contributed by atoms with van der Waals surface area (Å²) in [5.41, 5.74) is 1.71. The average Bonchev–Trinajstić information content (AvgIpc) is 3.10. The second-order valence-corrected chi connectivity index (χ2v) is 4.75. The molecule has 22 heavy (non-hydrogen) atoms. The van der Waals surface area contributed by atoms with Crippen LogP contribution in [0.3, 0.4) is 0 Å². The molecule has 0 fully saturated rings. The summed E-state index contributed by atoms with van der Waals surface area (Å²) < 4.78 is 32.4. The van der Waals surface area contributed by atoms with E-state index in [-0.39, 0.29) is 5.75 Å². The monoisotopic (exact) mass is 304 g/mol. The van der Waals surface area contributed by atoms with Gasteiger partial charge in [0.15, 0.2) is 0 Å². The van der Waals surface area contributed by atoms with Crippen LogP contribution in [0.5, 0.6) is 5.75 Å². The maximum atomic E-state index is 12.1. The van der Waals surface area contributed by atoms with Gasteiger partial charge in [-0.3, -0.25) is 0 Å². The van der Waals surface area contributed by atoms with Crippen molar-refractivity contribution in [3.05, 3.63) is 60.7 Å². The summed E-state index contributed by atoms with van der Waals surface area (Å²) in [6, 6.07) is 6.40. The highest BCUT2D eigenvalue weighted by molar-refractivity contribution is 5.37. The molecular weight excluding hydrogens is 290 g/mol. The van der Waals surface area contributed by atoms with Gasteiger partial charge in [-0.15, -0.1) is 0 Å². The van der Waals surface area contributed by atoms with Crippen molar-refractivity contribution in [2.24, 2.45) is 0 Å². The second-order valence-electron chi connectivity index (χ2n) is 4.75. The van der Waals surface area contributed by atoms with Crippen molar-refractivity contribution >= 4 is 0 Å². The first-order valence-corrected chi connectivity index (χ1v) is 6.67. The van der Waals surface area contributed by atoms with Gasteiger partial charge < -0.3 is 13.9 Å². The Labute approximate surface area is 125 Å². The van der Waals surface area contributed by atoms with Gasteiger partial charge in [0.25, 0.3) is 0 Å². The van der Waals surface area contributed by atoms with Crippen LogP contribution in [0.25, 0.3) is 5.69 Å². The molecule has 0 aliphatic heterocycles. The minimum Gasteiger partial charge on any atom is -0.435 e. The van der Waals surface area contributed by atoms with Gasteiger partial charge in [0.2, 0.25) is 0 Å². The molecule has 0 atom stereocenters. The number of benzene rings is 1. The first-order valence-electron chi connectivity index (χ1n) is 6.67. The second kappa shape index (κ2) is 5.97. The molecule has 0 amide bonds. The van der Waals surface area contributed by atoms with Gasteiger partial charge in [0.1, 0.15) is 11.6 Å². The molecule has 5 nitrogen and oxygen atoms in total. The summed E-state index contributed by atoms with van der Waals surface area (Å²) >= 11 is 0. The zero-order valence-corrected chi connectivity index (χ0v) is 11.9. The molecule has 0 saturated carbocycles. The van der Waals surface area contributed by atoms with Crippen LogP contribution in [0.4, 0.5) is 8.78 Å². The number of halogens is 2. The predicted molar refractivity (Wildman–Crippen MR) is 76.3 cm³/mol. The number of alkyl halides is 2. The normalized spacial score (nSPS) is 11.1. The third kappa shape index (κ3) is 3.13. The van der Waals surface area contributed by atoms with E-state index in [0.717, 1.165) is 17.2 Å². The zero-order chi connectivity index (χ0) is 15.5. The van der Waals surface area contributed by atoms with Crippen molar-refractivity contribution in [2.75, 3.05) is 0 Å². The molecule has 0 aliphatic rings. The van der Waals surface area contributed by atoms with Crippen molar-refractivity contribution in [1.82, 2.24) is 19.1 Å². The predicted octanol–water partition coefficient (Wildman–Crippen LogP) is 3.03. The highest BCUT2D eigenvalue weighted by Gasteiger charge is 2.06. The standard InChI is InChI=1S/C15H14F2N4O/c1-11-18-6-7-20(11)8-12-9-21(10-19-12)13-2-4-14(5-3-13)22-15(16)17/h2-7,9-10,15H,8H2,1H3. The van der Waals surface area contributed by atoms with Crippen molar-refractivity contribution in [3.63, 3.8) is 0 Å². The summed E-state index contributed by atoms with van der Waals surface area (Å²) in [6.07, 6.45) is 7.21. The van der Waals surface area contributed by atoms with Gasteiger partial charge in [0, 0.05) is 24.3 Å². The molecule has 3 rings (SSSR count). The summed E-state index contributed by atoms with van der Waals surface area (Å²) in [4.78, 5) is 8.51. The van der Waals surface area contributed by atoms with E-state index in [0.29, 0.717) is 6.54 Å². The Kier molecular flexibility index (Phi) is 3.86. The van der Waals surface area contributed by atoms with Crippen molar-refractivity contribution in [2.45, 2.75) is 20.1 Å². The van der Waals surface area contributed by atoms with E-state index in [9.17, 15) is 8.78 Å². The molecule has 0 radical (unpaired) electrons. The molecule has 114 valence electrons. The van der Waals surface area contributed by atoms with Crippen molar-refractivity contribution in [3.8, 4) is 11.4 Å². The first kappa shape index (κ1) is 14.2. The van der Waals surface area contributed by atoms with Gasteiger partial charge >= 0.3 is 6.61 Å². The van der Waals surface area contributed by atoms with E-state index >= 15 is 0 Å². The first-order chi connectivity index (χ1) is 10.6. The number of hydrogen-bond donors (Lipinski definition) is 0. The van der Waals surface area contributed by atoms with Gasteiger partial charge in [-0.1, -0.05) is 0 Å². The molecule has 3 aromatic rings. The number of nitrogens with zero attached hydrogens (tertiary/aromatic N) is 4. The summed E-state index contributed by atoms with van der Waals surface area (Å²) in [5, 5.41) is 0. The van der Waals surface area contributed by atoms with Crippen LogP contribution < -0.4 is 4.74 Å². The minimum absolute atomic E-state index is 0.133. The highest BCUT2D eigenvalue weighted by atomic mass is 19.3. The van der Waals surface area contributed by atoms with Crippen LogP contribution in [0.15, 0.2) is 49.2 Å². The largest absolute Gasteiger partial charge is 0.435 e. The molecule has 2 aromatic heterocycles. The summed E-state index contributed by atoms with van der Waals surface area (Å²) in [5.74, 6) is 1.05. The Morgan fingerprint density at radius 2 is 1.95 bits per heavy atom. The van der Waals surface area contributed by atoms with Crippen molar-refractivity contribution in [1.29, 1.82) is 0 Å². The Hall–Kier alpha value is -2.70. The molecule has 7 heteroatoms. The molecule has 1 aromatic carbocycles. The Bertz CT molecular complexity index is 749. The molecule has 2 heterocycles. The average molecular weight is 304 g/mol. The molecule has 0 bridgehead atoms. The third-order valence-corrected chi connectivity index (χ3v) is 3.25. The number of ether oxygens (including phenoxy) is 1. The number of hydrogen-bond acceptors (Lipinski definition) is 3. The summed E-state index contributed by atoms with van der Waals surface area (Å²) in [6.45, 7) is -0.256. The number of aryl methyl sites for hydroxylation is 1. The molecular formula is C15H14F2N4O. The van der Waals surface area contributed by atoms with E-state index in [1.165, 1.54) is 12.1 Å². The molecule has 0 saturated heterocycles. The van der Waals surface area contributed by atoms with Gasteiger partial charge in [0.05, 0.1) is 18.6 Å². The van der Waals surface area contributed by atoms with Crippen LogP contribution in [-0.2, 0) is 6.54 Å². The lowest BCUT2D eigenvalue weighted by atomic mass is 10.3. The number of imidazole rings is 2. The van der Waals surface area contributed by atoms with E-state index in [1.54, 1.807) is 24.7 Å². The quantitative estimate of drug-likeness (QED) is 0.728. The lowest BCUT2D eigenvalue weighted by Crippen LogP contribution is -2.02. The fourth-order valence-corrected chi connectivity index (χ4v) is 2.13. The Balaban J connectivity index is 1.74. The van der Waals surface area contributed by atoms with Gasteiger partial charge in [-0.05, 0) is 31.2 Å². The van der Waals surface area contributed by atoms with Gasteiger partial charge in [-0.25, -0.2) is 9.97 Å². The van der Waals surface area contributed by atoms with Crippen LogP contribution >= 0.6 is 0 Å². The number of rotatable bonds is 5.